The Kier molecular flexibility index (Phi) is 3.03. The summed E-state index contributed by atoms with van der Waals surface area (Å²) in [5.74, 6) is 3.13. The molecule has 112 valence electrons. The van der Waals surface area contributed by atoms with E-state index >= 15 is 0 Å². The molecule has 0 radical (unpaired) electrons. The summed E-state index contributed by atoms with van der Waals surface area (Å²) >= 11 is 0. The minimum absolute atomic E-state index is 0.291. The van der Waals surface area contributed by atoms with Crippen molar-refractivity contribution in [1.82, 2.24) is 0 Å². The first-order valence-electron chi connectivity index (χ1n) is 8.69. The van der Waals surface area contributed by atoms with E-state index in [1.165, 1.54) is 32.1 Å². The van der Waals surface area contributed by atoms with Crippen LogP contribution < -0.4 is 0 Å². The zero-order valence-electron chi connectivity index (χ0n) is 13.3. The van der Waals surface area contributed by atoms with Gasteiger partial charge in [0, 0.05) is 5.92 Å². The van der Waals surface area contributed by atoms with E-state index in [1.807, 2.05) is 6.92 Å². The third-order valence-electron chi connectivity index (χ3n) is 7.13. The fourth-order valence-electron chi connectivity index (χ4n) is 6.19. The van der Waals surface area contributed by atoms with E-state index in [1.54, 1.807) is 11.1 Å². The van der Waals surface area contributed by atoms with Gasteiger partial charge in [0.05, 0.1) is 0 Å². The van der Waals surface area contributed by atoms with E-state index in [0.717, 1.165) is 24.2 Å². The smallest absolute Gasteiger partial charge is 0.133 e. The molecule has 0 spiro atoms. The van der Waals surface area contributed by atoms with Crippen LogP contribution in [0.15, 0.2) is 24.3 Å². The Morgan fingerprint density at radius 3 is 2.76 bits per heavy atom. The summed E-state index contributed by atoms with van der Waals surface area (Å²) in [5.41, 5.74) is 3.50. The van der Waals surface area contributed by atoms with Gasteiger partial charge in [-0.25, -0.2) is 0 Å². The van der Waals surface area contributed by atoms with E-state index in [9.17, 15) is 4.79 Å². The van der Waals surface area contributed by atoms with Crippen LogP contribution in [0.1, 0.15) is 63.0 Å². The normalized spacial score (nSPS) is 41.0. The number of ketones is 1. The molecular formula is C20H26O. The van der Waals surface area contributed by atoms with Crippen LogP contribution >= 0.6 is 0 Å². The molecule has 1 aromatic carbocycles. The quantitative estimate of drug-likeness (QED) is 0.726. The average molecular weight is 282 g/mol. The SMILES string of the molecule is CC(=O)[C@H]1CC[C@H]2[C@@H]3CCc4ccccc4[C@H]3CC[C@]12C. The summed E-state index contributed by atoms with van der Waals surface area (Å²) in [7, 11) is 0. The maximum atomic E-state index is 12.1. The van der Waals surface area contributed by atoms with E-state index in [0.29, 0.717) is 17.1 Å². The number of carbonyl (C=O) groups is 1. The van der Waals surface area contributed by atoms with Crippen LogP contribution in [-0.4, -0.2) is 5.78 Å². The van der Waals surface area contributed by atoms with Crippen LogP contribution in [0.5, 0.6) is 0 Å². The molecule has 0 unspecified atom stereocenters. The number of Topliss-reactive ketones (excluding diaryl/α,β-unsaturated/α-hetero) is 1. The number of carbonyl (C=O) groups excluding carboxylic acids is 1. The molecule has 3 aliphatic rings. The maximum absolute atomic E-state index is 12.1. The molecule has 4 rings (SSSR count). The fourth-order valence-corrected chi connectivity index (χ4v) is 6.19. The zero-order valence-corrected chi connectivity index (χ0v) is 13.3. The van der Waals surface area contributed by atoms with Gasteiger partial charge >= 0.3 is 0 Å². The highest BCUT2D eigenvalue weighted by atomic mass is 16.1. The summed E-state index contributed by atoms with van der Waals surface area (Å²) < 4.78 is 0. The lowest BCUT2D eigenvalue weighted by Crippen LogP contribution is -2.43. The largest absolute Gasteiger partial charge is 0.300 e. The molecule has 0 bridgehead atoms. The Morgan fingerprint density at radius 2 is 1.95 bits per heavy atom. The van der Waals surface area contributed by atoms with Crippen molar-refractivity contribution >= 4 is 5.78 Å². The number of hydrogen-bond acceptors (Lipinski definition) is 1. The summed E-state index contributed by atoms with van der Waals surface area (Å²) in [5, 5.41) is 0. The highest BCUT2D eigenvalue weighted by Gasteiger charge is 2.55. The molecule has 0 amide bonds. The fraction of sp³-hybridized carbons (Fsp3) is 0.650. The number of aryl methyl sites for hydroxylation is 1. The molecule has 1 heteroatoms. The van der Waals surface area contributed by atoms with Crippen molar-refractivity contribution in [3.63, 3.8) is 0 Å². The number of benzene rings is 1. The van der Waals surface area contributed by atoms with Crippen LogP contribution in [-0.2, 0) is 11.2 Å². The lowest BCUT2D eigenvalue weighted by molar-refractivity contribution is -0.125. The van der Waals surface area contributed by atoms with Crippen LogP contribution in [0.2, 0.25) is 0 Å². The van der Waals surface area contributed by atoms with E-state index in [4.69, 9.17) is 0 Å². The van der Waals surface area contributed by atoms with Crippen LogP contribution in [0.3, 0.4) is 0 Å². The van der Waals surface area contributed by atoms with Gasteiger partial charge in [-0.1, -0.05) is 31.2 Å². The molecule has 2 saturated carbocycles. The summed E-state index contributed by atoms with van der Waals surface area (Å²) in [4.78, 5) is 12.1. The highest BCUT2D eigenvalue weighted by molar-refractivity contribution is 5.79. The average Bonchev–Trinajstić information content (AvgIpc) is 2.84. The van der Waals surface area contributed by atoms with Gasteiger partial charge in [-0.3, -0.25) is 4.79 Å². The third kappa shape index (κ3) is 1.86. The first-order valence-corrected chi connectivity index (χ1v) is 8.69. The highest BCUT2D eigenvalue weighted by Crippen LogP contribution is 2.62. The van der Waals surface area contributed by atoms with Crippen LogP contribution in [0.25, 0.3) is 0 Å². The van der Waals surface area contributed by atoms with Crippen molar-refractivity contribution in [2.75, 3.05) is 0 Å². The van der Waals surface area contributed by atoms with Gasteiger partial charge in [0.1, 0.15) is 5.78 Å². The second-order valence-electron chi connectivity index (χ2n) is 7.90. The van der Waals surface area contributed by atoms with Gasteiger partial charge in [-0.2, -0.15) is 0 Å². The van der Waals surface area contributed by atoms with E-state index < -0.39 is 0 Å². The second kappa shape index (κ2) is 4.69. The van der Waals surface area contributed by atoms with Gasteiger partial charge in [-0.15, -0.1) is 0 Å². The molecule has 0 aliphatic heterocycles. The Morgan fingerprint density at radius 1 is 1.14 bits per heavy atom. The van der Waals surface area contributed by atoms with E-state index in [2.05, 4.69) is 31.2 Å². The summed E-state index contributed by atoms with van der Waals surface area (Å²) in [6, 6.07) is 9.09. The standard InChI is InChI=1S/C20H26O/c1-13(21)18-9-10-19-17-8-7-14-5-3-4-6-15(14)16(17)11-12-20(18,19)2/h3-6,16-19H,7-12H2,1-2H3/t16-,17-,18-,19+,20-/m1/s1. The van der Waals surface area contributed by atoms with Crippen molar-refractivity contribution in [3.8, 4) is 0 Å². The molecule has 0 saturated heterocycles. The lowest BCUT2D eigenvalue weighted by atomic mass is 9.54. The summed E-state index contributed by atoms with van der Waals surface area (Å²) in [6.45, 7) is 4.24. The predicted octanol–water partition coefficient (Wildman–Crippen LogP) is 4.75. The maximum Gasteiger partial charge on any atom is 0.133 e. The Labute approximate surface area is 128 Å². The predicted molar refractivity (Wildman–Crippen MR) is 85.2 cm³/mol. The van der Waals surface area contributed by atoms with Gasteiger partial charge in [0.2, 0.25) is 0 Å². The molecule has 1 nitrogen and oxygen atoms in total. The number of fused-ring (bicyclic) bond motifs is 5. The molecule has 2 fully saturated rings. The lowest BCUT2D eigenvalue weighted by Gasteiger charge is -2.50. The Hall–Kier alpha value is -1.11. The number of rotatable bonds is 1. The van der Waals surface area contributed by atoms with Gasteiger partial charge < -0.3 is 0 Å². The minimum atomic E-state index is 0.291. The van der Waals surface area contributed by atoms with Crippen molar-refractivity contribution in [1.29, 1.82) is 0 Å². The second-order valence-corrected chi connectivity index (χ2v) is 7.90. The summed E-state index contributed by atoms with van der Waals surface area (Å²) in [6.07, 6.45) is 7.54. The molecule has 21 heavy (non-hydrogen) atoms. The van der Waals surface area contributed by atoms with Crippen LogP contribution in [0.4, 0.5) is 0 Å². The Balaban J connectivity index is 1.69. The molecular weight excluding hydrogens is 256 g/mol. The van der Waals surface area contributed by atoms with E-state index in [-0.39, 0.29) is 0 Å². The first-order chi connectivity index (χ1) is 10.1. The topological polar surface area (TPSA) is 17.1 Å². The molecule has 5 atom stereocenters. The molecule has 0 heterocycles. The van der Waals surface area contributed by atoms with Crippen molar-refractivity contribution < 1.29 is 4.79 Å². The molecule has 0 aromatic heterocycles. The van der Waals surface area contributed by atoms with Crippen molar-refractivity contribution in [2.45, 2.75) is 58.3 Å². The molecule has 1 aromatic rings. The zero-order chi connectivity index (χ0) is 14.6. The van der Waals surface area contributed by atoms with Gasteiger partial charge in [0.15, 0.2) is 0 Å². The van der Waals surface area contributed by atoms with Gasteiger partial charge in [0.25, 0.3) is 0 Å². The minimum Gasteiger partial charge on any atom is -0.300 e. The third-order valence-corrected chi connectivity index (χ3v) is 7.13. The van der Waals surface area contributed by atoms with Crippen LogP contribution in [0, 0.1) is 23.2 Å². The van der Waals surface area contributed by atoms with Crippen molar-refractivity contribution in [3.05, 3.63) is 35.4 Å². The van der Waals surface area contributed by atoms with Crippen molar-refractivity contribution in [2.24, 2.45) is 23.2 Å². The first kappa shape index (κ1) is 13.5. The monoisotopic (exact) mass is 282 g/mol. The Bertz CT molecular complexity index is 575. The molecule has 0 N–H and O–H groups in total. The molecule has 3 aliphatic carbocycles. The number of hydrogen-bond donors (Lipinski definition) is 0. The van der Waals surface area contributed by atoms with Gasteiger partial charge in [-0.05, 0) is 79.7 Å².